The Morgan fingerprint density at radius 1 is 0.950 bits per heavy atom. The van der Waals surface area contributed by atoms with Crippen LogP contribution in [-0.2, 0) is 5.41 Å². The number of hydrogen-bond acceptors (Lipinski definition) is 1. The average molecular weight is 287 g/mol. The maximum Gasteiger partial charge on any atom is 0.123 e. The fourth-order valence-electron chi connectivity index (χ4n) is 1.94. The molecule has 0 aliphatic carbocycles. The minimum atomic E-state index is 0.119. The van der Waals surface area contributed by atoms with Crippen LogP contribution in [0.4, 0.5) is 0 Å². The van der Waals surface area contributed by atoms with Crippen molar-refractivity contribution in [1.29, 1.82) is 0 Å². The summed E-state index contributed by atoms with van der Waals surface area (Å²) in [4.78, 5) is 0. The Labute approximate surface area is 125 Å². The lowest BCUT2D eigenvalue weighted by atomic mass is 9.86. The van der Waals surface area contributed by atoms with Crippen molar-refractivity contribution in [3.63, 3.8) is 0 Å². The van der Waals surface area contributed by atoms with Gasteiger partial charge in [0.2, 0.25) is 0 Å². The van der Waals surface area contributed by atoms with E-state index in [2.05, 4.69) is 32.9 Å². The zero-order valence-electron chi connectivity index (χ0n) is 12.0. The van der Waals surface area contributed by atoms with Crippen LogP contribution in [0, 0.1) is 0 Å². The summed E-state index contributed by atoms with van der Waals surface area (Å²) in [7, 11) is 0. The summed E-state index contributed by atoms with van der Waals surface area (Å²) in [6.07, 6.45) is 1.74. The molecular weight excluding hydrogens is 268 g/mol. The summed E-state index contributed by atoms with van der Waals surface area (Å²) in [6.45, 7) is 6.52. The molecule has 2 heteroatoms. The predicted molar refractivity (Wildman–Crippen MR) is 87.1 cm³/mol. The normalized spacial score (nSPS) is 12.5. The standard InChI is InChI=1S/C18H19ClO/c1-18(2,3)15-8-6-14(7-9-15)17(20)12-13-4-10-16(19)11-5-13/h4-12,20H,1-3H3. The molecule has 0 saturated carbocycles. The number of rotatable bonds is 2. The van der Waals surface area contributed by atoms with Gasteiger partial charge in [0.15, 0.2) is 0 Å². The van der Waals surface area contributed by atoms with Crippen LogP contribution in [0.2, 0.25) is 5.02 Å². The van der Waals surface area contributed by atoms with Gasteiger partial charge in [-0.3, -0.25) is 0 Å². The highest BCUT2D eigenvalue weighted by molar-refractivity contribution is 6.30. The van der Waals surface area contributed by atoms with Gasteiger partial charge in [0.25, 0.3) is 0 Å². The summed E-state index contributed by atoms with van der Waals surface area (Å²) < 4.78 is 0. The summed E-state index contributed by atoms with van der Waals surface area (Å²) >= 11 is 5.84. The fraction of sp³-hybridized carbons (Fsp3) is 0.222. The van der Waals surface area contributed by atoms with Crippen LogP contribution in [0.25, 0.3) is 11.8 Å². The average Bonchev–Trinajstić information content (AvgIpc) is 2.40. The molecule has 0 aliphatic heterocycles. The molecule has 0 aromatic heterocycles. The van der Waals surface area contributed by atoms with Crippen molar-refractivity contribution >= 4 is 23.4 Å². The molecule has 0 fully saturated rings. The van der Waals surface area contributed by atoms with Gasteiger partial charge in [-0.15, -0.1) is 0 Å². The van der Waals surface area contributed by atoms with Crippen LogP contribution in [-0.4, -0.2) is 5.11 Å². The topological polar surface area (TPSA) is 20.2 Å². The predicted octanol–water partition coefficient (Wildman–Crippen LogP) is 5.69. The quantitative estimate of drug-likeness (QED) is 0.555. The van der Waals surface area contributed by atoms with E-state index in [-0.39, 0.29) is 11.2 Å². The first kappa shape index (κ1) is 14.7. The molecule has 0 radical (unpaired) electrons. The maximum absolute atomic E-state index is 10.2. The highest BCUT2D eigenvalue weighted by Crippen LogP contribution is 2.24. The second kappa shape index (κ2) is 5.72. The Morgan fingerprint density at radius 3 is 2.00 bits per heavy atom. The van der Waals surface area contributed by atoms with Crippen molar-refractivity contribution in [2.24, 2.45) is 0 Å². The van der Waals surface area contributed by atoms with Crippen LogP contribution in [0.15, 0.2) is 48.5 Å². The van der Waals surface area contributed by atoms with Gasteiger partial charge in [0.1, 0.15) is 5.76 Å². The molecule has 1 nitrogen and oxygen atoms in total. The van der Waals surface area contributed by atoms with Gasteiger partial charge in [-0.25, -0.2) is 0 Å². The van der Waals surface area contributed by atoms with E-state index in [4.69, 9.17) is 11.6 Å². The van der Waals surface area contributed by atoms with E-state index in [9.17, 15) is 5.11 Å². The Kier molecular flexibility index (Phi) is 4.20. The molecule has 1 N–H and O–H groups in total. The molecule has 0 atom stereocenters. The van der Waals surface area contributed by atoms with E-state index in [1.165, 1.54) is 5.56 Å². The van der Waals surface area contributed by atoms with Crippen LogP contribution < -0.4 is 0 Å². The van der Waals surface area contributed by atoms with E-state index < -0.39 is 0 Å². The molecule has 104 valence electrons. The molecule has 0 aliphatic rings. The first-order chi connectivity index (χ1) is 9.36. The molecule has 0 bridgehead atoms. The smallest absolute Gasteiger partial charge is 0.123 e. The van der Waals surface area contributed by atoms with Crippen LogP contribution >= 0.6 is 11.6 Å². The second-order valence-electron chi connectivity index (χ2n) is 5.91. The van der Waals surface area contributed by atoms with Crippen molar-refractivity contribution in [2.45, 2.75) is 26.2 Å². The number of hydrogen-bond donors (Lipinski definition) is 1. The molecule has 0 amide bonds. The minimum Gasteiger partial charge on any atom is -0.507 e. The monoisotopic (exact) mass is 286 g/mol. The summed E-state index contributed by atoms with van der Waals surface area (Å²) in [5.41, 5.74) is 3.11. The van der Waals surface area contributed by atoms with Gasteiger partial charge >= 0.3 is 0 Å². The Bertz CT molecular complexity index is 601. The van der Waals surface area contributed by atoms with E-state index in [0.29, 0.717) is 5.02 Å². The zero-order valence-corrected chi connectivity index (χ0v) is 12.8. The van der Waals surface area contributed by atoms with Crippen molar-refractivity contribution in [1.82, 2.24) is 0 Å². The SMILES string of the molecule is CC(C)(C)c1ccc(C(O)=Cc2ccc(Cl)cc2)cc1. The molecule has 0 saturated heterocycles. The largest absolute Gasteiger partial charge is 0.507 e. The van der Waals surface area contributed by atoms with Crippen LogP contribution in [0.3, 0.4) is 0 Å². The molecule has 0 heterocycles. The summed E-state index contributed by atoms with van der Waals surface area (Å²) in [5, 5.41) is 10.9. The van der Waals surface area contributed by atoms with Gasteiger partial charge < -0.3 is 5.11 Å². The number of aliphatic hydroxyl groups is 1. The summed E-state index contributed by atoms with van der Waals surface area (Å²) in [6, 6.07) is 15.4. The molecular formula is C18H19ClO. The first-order valence-electron chi connectivity index (χ1n) is 6.63. The van der Waals surface area contributed by atoms with Gasteiger partial charge in [0, 0.05) is 10.6 Å². The molecule has 2 aromatic rings. The van der Waals surface area contributed by atoms with Crippen molar-refractivity contribution in [2.75, 3.05) is 0 Å². The lowest BCUT2D eigenvalue weighted by molar-refractivity contribution is 0.515. The van der Waals surface area contributed by atoms with Crippen molar-refractivity contribution < 1.29 is 5.11 Å². The zero-order chi connectivity index (χ0) is 14.8. The highest BCUT2D eigenvalue weighted by Gasteiger charge is 2.13. The lowest BCUT2D eigenvalue weighted by Crippen LogP contribution is -2.10. The van der Waals surface area contributed by atoms with Gasteiger partial charge in [-0.05, 0) is 34.8 Å². The third-order valence-electron chi connectivity index (χ3n) is 3.22. The van der Waals surface area contributed by atoms with E-state index >= 15 is 0 Å². The highest BCUT2D eigenvalue weighted by atomic mass is 35.5. The van der Waals surface area contributed by atoms with Gasteiger partial charge in [0.05, 0.1) is 0 Å². The molecule has 20 heavy (non-hydrogen) atoms. The van der Waals surface area contributed by atoms with E-state index in [0.717, 1.165) is 11.1 Å². The Hall–Kier alpha value is -1.73. The van der Waals surface area contributed by atoms with Gasteiger partial charge in [-0.1, -0.05) is 68.8 Å². The fourth-order valence-corrected chi connectivity index (χ4v) is 2.07. The Balaban J connectivity index is 2.25. The first-order valence-corrected chi connectivity index (χ1v) is 7.01. The van der Waals surface area contributed by atoms with Crippen LogP contribution in [0.1, 0.15) is 37.5 Å². The molecule has 0 unspecified atom stereocenters. The maximum atomic E-state index is 10.2. The number of aliphatic hydroxyl groups excluding tert-OH is 1. The number of halogens is 1. The number of benzene rings is 2. The van der Waals surface area contributed by atoms with E-state index in [1.807, 2.05) is 36.4 Å². The van der Waals surface area contributed by atoms with E-state index in [1.54, 1.807) is 6.08 Å². The molecule has 2 rings (SSSR count). The minimum absolute atomic E-state index is 0.119. The third kappa shape index (κ3) is 3.64. The lowest BCUT2D eigenvalue weighted by Gasteiger charge is -2.19. The molecule has 2 aromatic carbocycles. The van der Waals surface area contributed by atoms with Gasteiger partial charge in [-0.2, -0.15) is 0 Å². The second-order valence-corrected chi connectivity index (χ2v) is 6.34. The van der Waals surface area contributed by atoms with Crippen molar-refractivity contribution in [3.8, 4) is 0 Å². The van der Waals surface area contributed by atoms with Crippen molar-refractivity contribution in [3.05, 3.63) is 70.2 Å². The molecule has 0 spiro atoms. The third-order valence-corrected chi connectivity index (χ3v) is 3.47. The van der Waals surface area contributed by atoms with Crippen LogP contribution in [0.5, 0.6) is 0 Å². The summed E-state index contributed by atoms with van der Waals surface area (Å²) in [5.74, 6) is 0.257. The Morgan fingerprint density at radius 2 is 1.50 bits per heavy atom.